The molecule has 1 aromatic carbocycles. The summed E-state index contributed by atoms with van der Waals surface area (Å²) in [4.78, 5) is 42.8. The first-order valence-electron chi connectivity index (χ1n) is 12.9. The van der Waals surface area contributed by atoms with Crippen molar-refractivity contribution in [1.29, 1.82) is 0 Å². The SMILES string of the molecule is COCCN1CCC(c2ccc(C(=O)N[C@@H](CC(C)C)C(=O)N3CC[C@H]4OCC(=O)[C@H]43)cc2)CC1. The lowest BCUT2D eigenvalue weighted by atomic mass is 9.89. The molecule has 1 aromatic rings. The highest BCUT2D eigenvalue weighted by atomic mass is 16.5. The van der Waals surface area contributed by atoms with E-state index >= 15 is 0 Å². The number of ether oxygens (including phenoxy) is 2. The summed E-state index contributed by atoms with van der Waals surface area (Å²) in [6, 6.07) is 6.64. The van der Waals surface area contributed by atoms with E-state index in [0.717, 1.165) is 39.1 Å². The number of benzene rings is 1. The maximum absolute atomic E-state index is 13.4. The average Bonchev–Trinajstić information content (AvgIpc) is 3.45. The molecule has 8 nitrogen and oxygen atoms in total. The summed E-state index contributed by atoms with van der Waals surface area (Å²) in [5.41, 5.74) is 1.80. The smallest absolute Gasteiger partial charge is 0.251 e. The molecule has 0 saturated carbocycles. The minimum absolute atomic E-state index is 0.0457. The molecule has 3 saturated heterocycles. The zero-order valence-electron chi connectivity index (χ0n) is 21.2. The predicted octanol–water partition coefficient (Wildman–Crippen LogP) is 2.23. The summed E-state index contributed by atoms with van der Waals surface area (Å²) in [5.74, 6) is 0.228. The van der Waals surface area contributed by atoms with Crippen LogP contribution in [0.15, 0.2) is 24.3 Å². The number of fused-ring (bicyclic) bond motifs is 1. The van der Waals surface area contributed by atoms with Gasteiger partial charge in [0.15, 0.2) is 5.78 Å². The second-order valence-electron chi connectivity index (χ2n) is 10.5. The first kappa shape index (κ1) is 25.8. The van der Waals surface area contributed by atoms with E-state index in [4.69, 9.17) is 9.47 Å². The van der Waals surface area contributed by atoms with Gasteiger partial charge in [-0.05, 0) is 68.3 Å². The molecule has 4 rings (SSSR count). The third-order valence-electron chi connectivity index (χ3n) is 7.55. The lowest BCUT2D eigenvalue weighted by Crippen LogP contribution is -2.52. The molecule has 3 heterocycles. The molecular formula is C27H39N3O5. The molecule has 0 unspecified atom stereocenters. The number of nitrogens with one attached hydrogen (secondary N) is 1. The number of methoxy groups -OCH3 is 1. The second kappa shape index (κ2) is 11.6. The molecule has 35 heavy (non-hydrogen) atoms. The van der Waals surface area contributed by atoms with Crippen LogP contribution < -0.4 is 5.32 Å². The maximum atomic E-state index is 13.4. The Labute approximate surface area is 208 Å². The molecular weight excluding hydrogens is 446 g/mol. The van der Waals surface area contributed by atoms with Crippen LogP contribution in [0.1, 0.15) is 61.4 Å². The fraction of sp³-hybridized carbons (Fsp3) is 0.667. The zero-order valence-corrected chi connectivity index (χ0v) is 21.2. The Morgan fingerprint density at radius 1 is 1.11 bits per heavy atom. The van der Waals surface area contributed by atoms with Gasteiger partial charge < -0.3 is 24.6 Å². The fourth-order valence-electron chi connectivity index (χ4n) is 5.59. The lowest BCUT2D eigenvalue weighted by Gasteiger charge is -2.32. The van der Waals surface area contributed by atoms with Gasteiger partial charge in [0, 0.05) is 25.8 Å². The molecule has 0 aliphatic carbocycles. The number of Topliss-reactive ketones (excluding diaryl/α,β-unsaturated/α-hetero) is 1. The van der Waals surface area contributed by atoms with Gasteiger partial charge in [-0.3, -0.25) is 14.4 Å². The van der Waals surface area contributed by atoms with Gasteiger partial charge in [0.05, 0.1) is 12.7 Å². The highest BCUT2D eigenvalue weighted by Gasteiger charge is 2.48. The normalized spacial score (nSPS) is 24.1. The number of carbonyl (C=O) groups is 3. The highest BCUT2D eigenvalue weighted by molar-refractivity contribution is 5.99. The summed E-state index contributed by atoms with van der Waals surface area (Å²) in [7, 11) is 1.73. The van der Waals surface area contributed by atoms with Gasteiger partial charge in [-0.2, -0.15) is 0 Å². The molecule has 0 spiro atoms. The van der Waals surface area contributed by atoms with E-state index in [0.29, 0.717) is 30.9 Å². The number of amides is 2. The maximum Gasteiger partial charge on any atom is 0.251 e. The summed E-state index contributed by atoms with van der Waals surface area (Å²) < 4.78 is 10.7. The van der Waals surface area contributed by atoms with Gasteiger partial charge in [-0.15, -0.1) is 0 Å². The van der Waals surface area contributed by atoms with Crippen LogP contribution in [-0.4, -0.2) is 92.1 Å². The standard InChI is InChI=1S/C27H39N3O5/c1-18(2)16-22(27(33)30-13-10-24-25(30)23(31)17-35-24)28-26(32)21-6-4-19(5-7-21)20-8-11-29(12-9-20)14-15-34-3/h4-7,18,20,22,24-25H,8-17H2,1-3H3,(H,28,32)/t22-,24+,25+/m0/s1. The first-order chi connectivity index (χ1) is 16.9. The van der Waals surface area contributed by atoms with Crippen LogP contribution in [0.3, 0.4) is 0 Å². The van der Waals surface area contributed by atoms with Crippen molar-refractivity contribution in [3.05, 3.63) is 35.4 Å². The van der Waals surface area contributed by atoms with Gasteiger partial charge in [-0.1, -0.05) is 26.0 Å². The molecule has 3 fully saturated rings. The molecule has 192 valence electrons. The molecule has 8 heteroatoms. The fourth-order valence-corrected chi connectivity index (χ4v) is 5.59. The van der Waals surface area contributed by atoms with E-state index < -0.39 is 12.1 Å². The molecule has 2 amide bonds. The van der Waals surface area contributed by atoms with Crippen molar-refractivity contribution in [1.82, 2.24) is 15.1 Å². The Morgan fingerprint density at radius 3 is 2.49 bits per heavy atom. The number of ketones is 1. The Kier molecular flexibility index (Phi) is 8.57. The Balaban J connectivity index is 1.37. The number of nitrogens with zero attached hydrogens (tertiary/aromatic N) is 2. The topological polar surface area (TPSA) is 88.2 Å². The zero-order chi connectivity index (χ0) is 24.9. The third-order valence-corrected chi connectivity index (χ3v) is 7.55. The Hall–Kier alpha value is -2.29. The molecule has 3 aliphatic rings. The number of rotatable bonds is 9. The first-order valence-corrected chi connectivity index (χ1v) is 12.9. The Bertz CT molecular complexity index is 895. The Morgan fingerprint density at radius 2 is 1.83 bits per heavy atom. The summed E-state index contributed by atoms with van der Waals surface area (Å²) in [5, 5.41) is 2.96. The minimum Gasteiger partial charge on any atom is -0.383 e. The second-order valence-corrected chi connectivity index (χ2v) is 10.5. The summed E-state index contributed by atoms with van der Waals surface area (Å²) in [6.07, 6.45) is 3.17. The van der Waals surface area contributed by atoms with Crippen molar-refractivity contribution >= 4 is 17.6 Å². The van der Waals surface area contributed by atoms with Gasteiger partial charge >= 0.3 is 0 Å². The monoisotopic (exact) mass is 485 g/mol. The molecule has 1 N–H and O–H groups in total. The van der Waals surface area contributed by atoms with Gasteiger partial charge in [-0.25, -0.2) is 0 Å². The van der Waals surface area contributed by atoms with Crippen molar-refractivity contribution in [2.45, 2.75) is 63.6 Å². The number of hydrogen-bond donors (Lipinski definition) is 1. The number of piperidine rings is 1. The van der Waals surface area contributed by atoms with E-state index in [9.17, 15) is 14.4 Å². The number of carbonyl (C=O) groups excluding carboxylic acids is 3. The highest BCUT2D eigenvalue weighted by Crippen LogP contribution is 2.29. The largest absolute Gasteiger partial charge is 0.383 e. The van der Waals surface area contributed by atoms with Crippen LogP contribution in [-0.2, 0) is 19.1 Å². The summed E-state index contributed by atoms with van der Waals surface area (Å²) in [6.45, 7) is 8.46. The van der Waals surface area contributed by atoms with E-state index in [1.807, 2.05) is 38.1 Å². The number of likely N-dealkylation sites (tertiary alicyclic amines) is 2. The molecule has 3 atom stereocenters. The predicted molar refractivity (Wildman–Crippen MR) is 132 cm³/mol. The van der Waals surface area contributed by atoms with Gasteiger partial charge in [0.1, 0.15) is 18.7 Å². The average molecular weight is 486 g/mol. The van der Waals surface area contributed by atoms with Crippen molar-refractivity contribution in [3.63, 3.8) is 0 Å². The quantitative estimate of drug-likeness (QED) is 0.577. The van der Waals surface area contributed by atoms with Crippen LogP contribution in [0.4, 0.5) is 0 Å². The number of hydrogen-bond acceptors (Lipinski definition) is 6. The lowest BCUT2D eigenvalue weighted by molar-refractivity contribution is -0.138. The van der Waals surface area contributed by atoms with Crippen LogP contribution in [0.25, 0.3) is 0 Å². The van der Waals surface area contributed by atoms with Crippen LogP contribution >= 0.6 is 0 Å². The van der Waals surface area contributed by atoms with Crippen LogP contribution in [0.5, 0.6) is 0 Å². The molecule has 0 radical (unpaired) electrons. The van der Waals surface area contributed by atoms with E-state index in [1.165, 1.54) is 5.56 Å². The molecule has 0 bridgehead atoms. The van der Waals surface area contributed by atoms with E-state index in [-0.39, 0.29) is 36.2 Å². The molecule has 3 aliphatic heterocycles. The summed E-state index contributed by atoms with van der Waals surface area (Å²) >= 11 is 0. The van der Waals surface area contributed by atoms with Crippen molar-refractivity contribution in [2.75, 3.05) is 46.5 Å². The van der Waals surface area contributed by atoms with Crippen LogP contribution in [0.2, 0.25) is 0 Å². The van der Waals surface area contributed by atoms with Gasteiger partial charge in [0.2, 0.25) is 5.91 Å². The van der Waals surface area contributed by atoms with Crippen LogP contribution in [0, 0.1) is 5.92 Å². The van der Waals surface area contributed by atoms with Crippen molar-refractivity contribution in [3.8, 4) is 0 Å². The third kappa shape index (κ3) is 6.11. The van der Waals surface area contributed by atoms with Crippen molar-refractivity contribution in [2.24, 2.45) is 5.92 Å². The van der Waals surface area contributed by atoms with Crippen molar-refractivity contribution < 1.29 is 23.9 Å². The molecule has 0 aromatic heterocycles. The van der Waals surface area contributed by atoms with E-state index in [2.05, 4.69) is 10.2 Å². The van der Waals surface area contributed by atoms with E-state index in [1.54, 1.807) is 12.0 Å². The van der Waals surface area contributed by atoms with Gasteiger partial charge in [0.25, 0.3) is 5.91 Å². The minimum atomic E-state index is -0.661.